The molecule has 0 bridgehead atoms. The third kappa shape index (κ3) is 3.31. The number of hydrogen-bond donors (Lipinski definition) is 0. The van der Waals surface area contributed by atoms with Gasteiger partial charge in [-0.15, -0.1) is 11.3 Å². The molecule has 3 aliphatic rings. The van der Waals surface area contributed by atoms with Crippen LogP contribution in [0.2, 0.25) is 0 Å². The first-order valence-corrected chi connectivity index (χ1v) is 11.8. The van der Waals surface area contributed by atoms with E-state index >= 15 is 0 Å². The Labute approximate surface area is 192 Å². The Bertz CT molecular complexity index is 1250. The summed E-state index contributed by atoms with van der Waals surface area (Å²) in [5.41, 5.74) is 2.30. The molecular weight excluding hydrogens is 450 g/mol. The summed E-state index contributed by atoms with van der Waals surface area (Å²) in [6.07, 6.45) is 3.10. The summed E-state index contributed by atoms with van der Waals surface area (Å²) in [5.74, 6) is -1.62. The summed E-state index contributed by atoms with van der Waals surface area (Å²) >= 11 is 1.42. The number of benzene rings is 1. The van der Waals surface area contributed by atoms with Crippen LogP contribution in [0.25, 0.3) is 10.3 Å². The second kappa shape index (κ2) is 7.53. The largest absolute Gasteiger partial charge is 0.342 e. The normalized spacial score (nSPS) is 24.1. The van der Waals surface area contributed by atoms with E-state index < -0.39 is 29.5 Å². The van der Waals surface area contributed by atoms with Gasteiger partial charge in [0.05, 0.1) is 17.1 Å². The first-order valence-electron chi connectivity index (χ1n) is 10.9. The lowest BCUT2D eigenvalue weighted by Crippen LogP contribution is -2.51. The Morgan fingerprint density at radius 3 is 2.61 bits per heavy atom. The van der Waals surface area contributed by atoms with Crippen molar-refractivity contribution in [2.24, 2.45) is 0 Å². The van der Waals surface area contributed by atoms with E-state index in [0.717, 1.165) is 10.9 Å². The predicted molar refractivity (Wildman–Crippen MR) is 115 cm³/mol. The van der Waals surface area contributed by atoms with Gasteiger partial charge in [0.2, 0.25) is 0 Å². The number of halogens is 2. The van der Waals surface area contributed by atoms with Crippen molar-refractivity contribution in [2.45, 2.75) is 43.6 Å². The van der Waals surface area contributed by atoms with Crippen LogP contribution >= 0.6 is 11.3 Å². The van der Waals surface area contributed by atoms with Crippen molar-refractivity contribution in [1.82, 2.24) is 19.8 Å². The van der Waals surface area contributed by atoms with Crippen LogP contribution in [0.15, 0.2) is 36.0 Å². The Kier molecular flexibility index (Phi) is 4.70. The molecule has 1 spiro atoms. The van der Waals surface area contributed by atoms with Gasteiger partial charge in [0, 0.05) is 38.2 Å². The molecule has 33 heavy (non-hydrogen) atoms. The minimum absolute atomic E-state index is 0.147. The SMILES string of the molecule is O=C(c1cnc2scnc2c1)N1CCC2(CC1)O[C@@H]1CC[C@@H](c3cc(F)cc(F)c3)N1C2=O. The highest BCUT2D eigenvalue weighted by atomic mass is 32.1. The minimum Gasteiger partial charge on any atom is -0.342 e. The van der Waals surface area contributed by atoms with Crippen LogP contribution in [0, 0.1) is 11.6 Å². The van der Waals surface area contributed by atoms with Crippen molar-refractivity contribution in [1.29, 1.82) is 0 Å². The zero-order valence-electron chi connectivity index (χ0n) is 17.5. The van der Waals surface area contributed by atoms with E-state index in [2.05, 4.69) is 9.97 Å². The Morgan fingerprint density at radius 2 is 1.85 bits per heavy atom. The average molecular weight is 471 g/mol. The zero-order chi connectivity index (χ0) is 22.7. The van der Waals surface area contributed by atoms with Crippen LogP contribution in [0.1, 0.15) is 47.6 Å². The number of amides is 2. The van der Waals surface area contributed by atoms with Crippen molar-refractivity contribution >= 4 is 33.5 Å². The van der Waals surface area contributed by atoms with Gasteiger partial charge < -0.3 is 14.5 Å². The van der Waals surface area contributed by atoms with Gasteiger partial charge in [-0.1, -0.05) is 0 Å². The number of thiazole rings is 1. The number of fused-ring (bicyclic) bond motifs is 2. The molecule has 3 fully saturated rings. The Morgan fingerprint density at radius 1 is 1.09 bits per heavy atom. The highest BCUT2D eigenvalue weighted by molar-refractivity contribution is 7.16. The third-order valence-electron chi connectivity index (χ3n) is 6.88. The van der Waals surface area contributed by atoms with Crippen LogP contribution in [0.3, 0.4) is 0 Å². The van der Waals surface area contributed by atoms with Crippen LogP contribution < -0.4 is 0 Å². The summed E-state index contributed by atoms with van der Waals surface area (Å²) in [6, 6.07) is 4.71. The number of piperidine rings is 1. The lowest BCUT2D eigenvalue weighted by Gasteiger charge is -2.37. The van der Waals surface area contributed by atoms with Gasteiger partial charge in [-0.05, 0) is 36.6 Å². The summed E-state index contributed by atoms with van der Waals surface area (Å²) in [7, 11) is 0. The molecule has 3 saturated heterocycles. The fourth-order valence-corrected chi connectivity index (χ4v) is 5.88. The number of rotatable bonds is 2. The zero-order valence-corrected chi connectivity index (χ0v) is 18.4. The monoisotopic (exact) mass is 470 g/mol. The highest BCUT2D eigenvalue weighted by Crippen LogP contribution is 2.47. The summed E-state index contributed by atoms with van der Waals surface area (Å²) in [4.78, 5) is 39.1. The third-order valence-corrected chi connectivity index (χ3v) is 7.63. The number of ether oxygens (including phenoxy) is 1. The van der Waals surface area contributed by atoms with Gasteiger partial charge in [0.25, 0.3) is 11.8 Å². The maximum atomic E-state index is 13.8. The minimum atomic E-state index is -0.997. The van der Waals surface area contributed by atoms with Gasteiger partial charge in [-0.2, -0.15) is 0 Å². The molecule has 5 heterocycles. The summed E-state index contributed by atoms with van der Waals surface area (Å²) in [5, 5.41) is 0. The summed E-state index contributed by atoms with van der Waals surface area (Å²) < 4.78 is 33.8. The quantitative estimate of drug-likeness (QED) is 0.571. The number of hydrogen-bond acceptors (Lipinski definition) is 6. The summed E-state index contributed by atoms with van der Waals surface area (Å²) in [6.45, 7) is 0.749. The second-order valence-electron chi connectivity index (χ2n) is 8.77. The Hall–Kier alpha value is -2.98. The number of aromatic nitrogens is 2. The molecule has 170 valence electrons. The van der Waals surface area contributed by atoms with E-state index in [1.807, 2.05) is 0 Å². The van der Waals surface area contributed by atoms with Crippen molar-refractivity contribution in [3.05, 3.63) is 58.7 Å². The second-order valence-corrected chi connectivity index (χ2v) is 9.60. The number of carbonyl (C=O) groups is 2. The molecule has 7 nitrogen and oxygen atoms in total. The fourth-order valence-electron chi connectivity index (χ4n) is 5.27. The van der Waals surface area contributed by atoms with E-state index in [1.165, 1.54) is 23.5 Å². The van der Waals surface area contributed by atoms with E-state index in [-0.39, 0.29) is 11.8 Å². The molecule has 0 aliphatic carbocycles. The van der Waals surface area contributed by atoms with Gasteiger partial charge in [0.1, 0.15) is 28.2 Å². The van der Waals surface area contributed by atoms with E-state index in [0.29, 0.717) is 55.4 Å². The predicted octanol–water partition coefficient (Wildman–Crippen LogP) is 3.66. The molecule has 3 aliphatic heterocycles. The molecule has 3 aromatic rings. The molecule has 0 radical (unpaired) electrons. The molecule has 10 heteroatoms. The van der Waals surface area contributed by atoms with Gasteiger partial charge in [-0.25, -0.2) is 18.7 Å². The van der Waals surface area contributed by atoms with E-state index in [4.69, 9.17) is 4.74 Å². The first kappa shape index (κ1) is 20.6. The maximum absolute atomic E-state index is 13.8. The number of likely N-dealkylation sites (tertiary alicyclic amines) is 1. The molecule has 1 aromatic carbocycles. The molecule has 2 atom stereocenters. The number of pyridine rings is 1. The molecular formula is C23H20F2N4O3S. The molecule has 0 unspecified atom stereocenters. The van der Waals surface area contributed by atoms with Crippen LogP contribution in [0.5, 0.6) is 0 Å². The topological polar surface area (TPSA) is 75.6 Å². The lowest BCUT2D eigenvalue weighted by atomic mass is 9.89. The fraction of sp³-hybridized carbons (Fsp3) is 0.391. The van der Waals surface area contributed by atoms with Crippen LogP contribution in [-0.4, -0.2) is 56.5 Å². The van der Waals surface area contributed by atoms with Crippen molar-refractivity contribution in [3.8, 4) is 0 Å². The molecule has 0 N–H and O–H groups in total. The van der Waals surface area contributed by atoms with Gasteiger partial charge in [0.15, 0.2) is 5.60 Å². The molecule has 0 saturated carbocycles. The average Bonchev–Trinajstić information content (AvgIpc) is 3.49. The van der Waals surface area contributed by atoms with Gasteiger partial charge >= 0.3 is 0 Å². The van der Waals surface area contributed by atoms with E-state index in [9.17, 15) is 18.4 Å². The van der Waals surface area contributed by atoms with E-state index in [1.54, 1.807) is 27.6 Å². The molecule has 2 amide bonds. The van der Waals surface area contributed by atoms with Crippen molar-refractivity contribution < 1.29 is 23.1 Å². The van der Waals surface area contributed by atoms with Crippen molar-refractivity contribution in [3.63, 3.8) is 0 Å². The van der Waals surface area contributed by atoms with Crippen molar-refractivity contribution in [2.75, 3.05) is 13.1 Å². The maximum Gasteiger partial charge on any atom is 0.257 e. The molecule has 6 rings (SSSR count). The van der Waals surface area contributed by atoms with Crippen LogP contribution in [-0.2, 0) is 9.53 Å². The number of nitrogens with zero attached hydrogens (tertiary/aromatic N) is 4. The lowest BCUT2D eigenvalue weighted by molar-refractivity contribution is -0.142. The Balaban J connectivity index is 1.18. The standard InChI is InChI=1S/C23H20F2N4O3S/c24-15-7-13(8-16(25)10-15)18-1-2-19-29(18)22(31)23(32-19)3-5-28(6-4-23)21(30)14-9-17-20(26-11-14)33-12-27-17/h7-12,18-19H,1-6H2/t18-,19+/m0/s1. The van der Waals surface area contributed by atoms with Gasteiger partial charge in [-0.3, -0.25) is 9.59 Å². The first-order chi connectivity index (χ1) is 15.9. The number of carbonyl (C=O) groups excluding carboxylic acids is 2. The van der Waals surface area contributed by atoms with Crippen LogP contribution in [0.4, 0.5) is 8.78 Å². The smallest absolute Gasteiger partial charge is 0.257 e. The molecule has 2 aromatic heterocycles. The highest BCUT2D eigenvalue weighted by Gasteiger charge is 2.58.